The lowest BCUT2D eigenvalue weighted by Gasteiger charge is -2.01. The Balaban J connectivity index is 0.000000260. The van der Waals surface area contributed by atoms with E-state index in [2.05, 4.69) is 0 Å². The number of carbonyl (C=O) groups is 2. The van der Waals surface area contributed by atoms with Gasteiger partial charge in [-0.3, -0.25) is 25.0 Å². The van der Waals surface area contributed by atoms with Crippen molar-refractivity contribution in [3.8, 4) is 0 Å². The molecule has 26 heavy (non-hydrogen) atoms. The van der Waals surface area contributed by atoms with Crippen LogP contribution < -0.4 is 0 Å². The molecule has 0 heterocycles. The van der Waals surface area contributed by atoms with E-state index >= 15 is 0 Å². The first-order chi connectivity index (χ1) is 12.1. The molecule has 0 spiro atoms. The molecule has 0 bridgehead atoms. The van der Waals surface area contributed by atoms with E-state index in [1.54, 1.807) is 13.0 Å². The predicted molar refractivity (Wildman–Crippen MR) is 92.6 cm³/mol. The number of hydrogen-bond donors (Lipinski definition) is 1. The topological polar surface area (TPSA) is 141 Å². The Kier molecular flexibility index (Phi) is 6.65. The molecule has 0 aliphatic carbocycles. The maximum Gasteiger partial charge on any atom is 0.336 e. The van der Waals surface area contributed by atoms with Crippen molar-refractivity contribution in [2.75, 3.05) is 0 Å². The van der Waals surface area contributed by atoms with Gasteiger partial charge in [0.1, 0.15) is 0 Å². The van der Waals surface area contributed by atoms with E-state index in [-0.39, 0.29) is 28.3 Å². The molecule has 1 N–H and O–H groups in total. The van der Waals surface area contributed by atoms with Gasteiger partial charge in [-0.1, -0.05) is 18.2 Å². The zero-order valence-corrected chi connectivity index (χ0v) is 14.3. The largest absolute Gasteiger partial charge is 0.478 e. The number of nitrogens with zero attached hydrogens (tertiary/aromatic N) is 2. The van der Waals surface area contributed by atoms with E-state index in [1.807, 2.05) is 0 Å². The van der Waals surface area contributed by atoms with Gasteiger partial charge in [0, 0.05) is 28.8 Å². The summed E-state index contributed by atoms with van der Waals surface area (Å²) in [5.41, 5.74) is 0.816. The van der Waals surface area contributed by atoms with E-state index in [0.717, 1.165) is 0 Å². The molecule has 0 radical (unpaired) electrons. The molecule has 0 aromatic heterocycles. The molecule has 136 valence electrons. The molecule has 0 saturated carbocycles. The molecule has 0 aliphatic rings. The second-order valence-electron chi connectivity index (χ2n) is 5.27. The molecule has 2 rings (SSSR count). The quantitative estimate of drug-likeness (QED) is 0.497. The van der Waals surface area contributed by atoms with Crippen LogP contribution >= 0.6 is 0 Å². The molecule has 2 aromatic rings. The van der Waals surface area contributed by atoms with Crippen LogP contribution in [-0.2, 0) is 0 Å². The van der Waals surface area contributed by atoms with Gasteiger partial charge < -0.3 is 5.11 Å². The molecule has 9 heteroatoms. The maximum atomic E-state index is 11.0. The summed E-state index contributed by atoms with van der Waals surface area (Å²) < 4.78 is 0. The third-order valence-corrected chi connectivity index (χ3v) is 3.61. The Morgan fingerprint density at radius 2 is 1.23 bits per heavy atom. The number of rotatable bonds is 4. The van der Waals surface area contributed by atoms with Crippen LogP contribution in [0.2, 0.25) is 0 Å². The fraction of sp³-hybridized carbons (Fsp3) is 0.176. The van der Waals surface area contributed by atoms with Crippen molar-refractivity contribution in [2.24, 2.45) is 0 Å². The summed E-state index contributed by atoms with van der Waals surface area (Å²) in [6.07, 6.45) is 0. The summed E-state index contributed by atoms with van der Waals surface area (Å²) in [7, 11) is 0. The first-order valence-corrected chi connectivity index (χ1v) is 7.30. The average molecular weight is 360 g/mol. The summed E-state index contributed by atoms with van der Waals surface area (Å²) in [5.74, 6) is -1.30. The highest BCUT2D eigenvalue weighted by Crippen LogP contribution is 2.21. The zero-order valence-electron chi connectivity index (χ0n) is 14.3. The van der Waals surface area contributed by atoms with Crippen LogP contribution in [0.1, 0.15) is 38.8 Å². The number of ketones is 1. The monoisotopic (exact) mass is 360 g/mol. The van der Waals surface area contributed by atoms with Gasteiger partial charge in [0.2, 0.25) is 0 Å². The summed E-state index contributed by atoms with van der Waals surface area (Å²) >= 11 is 0. The Labute approximate surface area is 148 Å². The van der Waals surface area contributed by atoms with Gasteiger partial charge in [-0.15, -0.1) is 0 Å². The Morgan fingerprint density at radius 1 is 0.846 bits per heavy atom. The summed E-state index contributed by atoms with van der Waals surface area (Å²) in [4.78, 5) is 41.4. The minimum absolute atomic E-state index is 0.00676. The molecule has 0 aliphatic heterocycles. The molecule has 0 fully saturated rings. The Morgan fingerprint density at radius 3 is 1.58 bits per heavy atom. The van der Waals surface area contributed by atoms with Gasteiger partial charge in [0.25, 0.3) is 11.4 Å². The first kappa shape index (κ1) is 20.4. The standard InChI is InChI=1S/C9H9NO3.C8H7NO4/c1-6-8(7(2)11)4-3-5-9(6)10(12)13;1-5-6(8(10)11)3-2-4-7(5)9(12)13/h3-5H,1-2H3;2-4H,1H3,(H,10,11). The van der Waals surface area contributed by atoms with E-state index in [4.69, 9.17) is 5.11 Å². The summed E-state index contributed by atoms with van der Waals surface area (Å²) in [5, 5.41) is 29.5. The molecule has 2 aromatic carbocycles. The highest BCUT2D eigenvalue weighted by atomic mass is 16.6. The van der Waals surface area contributed by atoms with Gasteiger partial charge in [-0.2, -0.15) is 0 Å². The second-order valence-corrected chi connectivity index (χ2v) is 5.27. The Bertz CT molecular complexity index is 753. The number of nitro groups is 2. The Hall–Kier alpha value is -3.62. The number of aromatic carboxylic acids is 1. The fourth-order valence-corrected chi connectivity index (χ4v) is 2.26. The maximum absolute atomic E-state index is 11.0. The van der Waals surface area contributed by atoms with Crippen LogP contribution in [0, 0.1) is 34.1 Å². The van der Waals surface area contributed by atoms with Crippen LogP contribution in [0.25, 0.3) is 0 Å². The van der Waals surface area contributed by atoms with Gasteiger partial charge in [0.05, 0.1) is 15.4 Å². The number of nitro benzene ring substituents is 2. The molecule has 0 amide bonds. The third-order valence-electron chi connectivity index (χ3n) is 3.61. The van der Waals surface area contributed by atoms with Crippen molar-refractivity contribution >= 4 is 23.1 Å². The second kappa shape index (κ2) is 8.47. The lowest BCUT2D eigenvalue weighted by molar-refractivity contribution is -0.385. The lowest BCUT2D eigenvalue weighted by atomic mass is 10.0. The lowest BCUT2D eigenvalue weighted by Crippen LogP contribution is -2.02. The smallest absolute Gasteiger partial charge is 0.336 e. The van der Waals surface area contributed by atoms with Gasteiger partial charge >= 0.3 is 5.97 Å². The molecular weight excluding hydrogens is 344 g/mol. The molecule has 9 nitrogen and oxygen atoms in total. The normalized spacial score (nSPS) is 9.65. The zero-order chi connectivity index (χ0) is 20.0. The van der Waals surface area contributed by atoms with Crippen LogP contribution in [0.5, 0.6) is 0 Å². The van der Waals surface area contributed by atoms with Crippen LogP contribution in [0.4, 0.5) is 11.4 Å². The van der Waals surface area contributed by atoms with E-state index in [9.17, 15) is 29.8 Å². The number of Topliss-reactive ketones (excluding diaryl/α,β-unsaturated/α-hetero) is 1. The van der Waals surface area contributed by atoms with Gasteiger partial charge in [0.15, 0.2) is 5.78 Å². The minimum atomic E-state index is -1.15. The fourth-order valence-electron chi connectivity index (χ4n) is 2.26. The number of carbonyl (C=O) groups excluding carboxylic acids is 1. The number of carboxylic acids is 1. The average Bonchev–Trinajstić information content (AvgIpc) is 2.54. The van der Waals surface area contributed by atoms with E-state index in [1.165, 1.54) is 44.2 Å². The van der Waals surface area contributed by atoms with Crippen molar-refractivity contribution in [1.82, 2.24) is 0 Å². The van der Waals surface area contributed by atoms with Crippen molar-refractivity contribution in [1.29, 1.82) is 0 Å². The van der Waals surface area contributed by atoms with Crippen LogP contribution in [0.15, 0.2) is 36.4 Å². The predicted octanol–water partition coefficient (Wildman–Crippen LogP) is 3.71. The van der Waals surface area contributed by atoms with Gasteiger partial charge in [-0.25, -0.2) is 4.79 Å². The van der Waals surface area contributed by atoms with Crippen molar-refractivity contribution in [3.05, 3.63) is 78.9 Å². The molecular formula is C17H16N2O7. The molecule has 0 unspecified atom stereocenters. The van der Waals surface area contributed by atoms with Crippen molar-refractivity contribution < 1.29 is 24.5 Å². The summed E-state index contributed by atoms with van der Waals surface area (Å²) in [6, 6.07) is 8.47. The van der Waals surface area contributed by atoms with Crippen LogP contribution in [0.3, 0.4) is 0 Å². The third kappa shape index (κ3) is 4.69. The van der Waals surface area contributed by atoms with E-state index in [0.29, 0.717) is 11.1 Å². The highest BCUT2D eigenvalue weighted by Gasteiger charge is 2.16. The molecule has 0 atom stereocenters. The van der Waals surface area contributed by atoms with Crippen molar-refractivity contribution in [3.63, 3.8) is 0 Å². The SMILES string of the molecule is CC(=O)c1cccc([N+](=O)[O-])c1C.Cc1c(C(=O)O)cccc1[N+](=O)[O-]. The minimum Gasteiger partial charge on any atom is -0.478 e. The van der Waals surface area contributed by atoms with Crippen molar-refractivity contribution in [2.45, 2.75) is 20.8 Å². The van der Waals surface area contributed by atoms with Crippen LogP contribution in [-0.4, -0.2) is 26.7 Å². The number of carboxylic acid groups (broad SMARTS) is 1. The molecule has 0 saturated heterocycles. The van der Waals surface area contributed by atoms with E-state index < -0.39 is 15.8 Å². The number of benzene rings is 2. The highest BCUT2D eigenvalue weighted by molar-refractivity contribution is 5.96. The first-order valence-electron chi connectivity index (χ1n) is 7.30. The van der Waals surface area contributed by atoms with Gasteiger partial charge in [-0.05, 0) is 26.8 Å². The summed E-state index contributed by atoms with van der Waals surface area (Å²) in [6.45, 7) is 4.39. The number of hydrogen-bond acceptors (Lipinski definition) is 6.